The molecule has 0 radical (unpaired) electrons. The molecule has 0 aliphatic carbocycles. The Kier molecular flexibility index (Phi) is 4.58. The van der Waals surface area contributed by atoms with Gasteiger partial charge >= 0.3 is 6.03 Å². The molecule has 1 atom stereocenters. The number of aromatic nitrogens is 1. The first-order valence-corrected chi connectivity index (χ1v) is 7.47. The predicted molar refractivity (Wildman–Crippen MR) is 73.9 cm³/mol. The maximum absolute atomic E-state index is 11.9. The Morgan fingerprint density at radius 3 is 3.17 bits per heavy atom. The number of rotatable bonds is 3. The first kappa shape index (κ1) is 13.3. The summed E-state index contributed by atoms with van der Waals surface area (Å²) in [5.41, 5.74) is 1.07. The van der Waals surface area contributed by atoms with Gasteiger partial charge in [0.15, 0.2) is 0 Å². The average Bonchev–Trinajstić information content (AvgIpc) is 2.75. The van der Waals surface area contributed by atoms with Crippen LogP contribution in [0, 0.1) is 12.8 Å². The molecule has 100 valence electrons. The molecular formula is C13H21N3OS. The van der Waals surface area contributed by atoms with E-state index in [0.29, 0.717) is 12.5 Å². The van der Waals surface area contributed by atoms with E-state index in [4.69, 9.17) is 0 Å². The summed E-state index contributed by atoms with van der Waals surface area (Å²) in [6, 6.07) is 0.0773. The van der Waals surface area contributed by atoms with Crippen molar-refractivity contribution in [3.63, 3.8) is 0 Å². The number of hydrogen-bond donors (Lipinski definition) is 1. The van der Waals surface area contributed by atoms with Crippen LogP contribution in [0.5, 0.6) is 0 Å². The summed E-state index contributed by atoms with van der Waals surface area (Å²) >= 11 is 1.66. The number of carbonyl (C=O) groups excluding carboxylic acids is 1. The summed E-state index contributed by atoms with van der Waals surface area (Å²) in [6.45, 7) is 6.67. The summed E-state index contributed by atoms with van der Waals surface area (Å²) in [4.78, 5) is 18.3. The van der Waals surface area contributed by atoms with Gasteiger partial charge in [-0.1, -0.05) is 6.92 Å². The number of likely N-dealkylation sites (tertiary alicyclic amines) is 1. The summed E-state index contributed by atoms with van der Waals surface area (Å²) < 4.78 is 0. The van der Waals surface area contributed by atoms with Gasteiger partial charge in [-0.05, 0) is 25.7 Å². The standard InChI is InChI=1S/C13H21N3OS/c1-10-4-3-7-16(8-10)13(17)14-6-5-12-9-18-11(2)15-12/h9-10H,3-8H2,1-2H3,(H,14,17). The van der Waals surface area contributed by atoms with Gasteiger partial charge in [0.05, 0.1) is 10.7 Å². The Hall–Kier alpha value is -1.10. The van der Waals surface area contributed by atoms with Gasteiger partial charge in [0.25, 0.3) is 0 Å². The molecule has 1 aromatic rings. The molecule has 0 bridgehead atoms. The number of carbonyl (C=O) groups is 1. The molecule has 1 aliphatic heterocycles. The highest BCUT2D eigenvalue weighted by atomic mass is 32.1. The van der Waals surface area contributed by atoms with E-state index in [9.17, 15) is 4.79 Å². The first-order chi connectivity index (χ1) is 8.65. The van der Waals surface area contributed by atoms with Crippen molar-refractivity contribution < 1.29 is 4.79 Å². The van der Waals surface area contributed by atoms with E-state index >= 15 is 0 Å². The molecule has 0 saturated carbocycles. The van der Waals surface area contributed by atoms with Crippen molar-refractivity contribution in [1.29, 1.82) is 0 Å². The number of urea groups is 1. The van der Waals surface area contributed by atoms with Gasteiger partial charge in [-0.25, -0.2) is 9.78 Å². The van der Waals surface area contributed by atoms with Gasteiger partial charge in [0.1, 0.15) is 0 Å². The Bertz CT molecular complexity index is 405. The lowest BCUT2D eigenvalue weighted by atomic mass is 10.0. The van der Waals surface area contributed by atoms with Gasteiger partial charge in [0, 0.05) is 31.4 Å². The van der Waals surface area contributed by atoms with E-state index in [-0.39, 0.29) is 6.03 Å². The fourth-order valence-corrected chi connectivity index (χ4v) is 2.95. The van der Waals surface area contributed by atoms with Gasteiger partial charge in [0.2, 0.25) is 0 Å². The number of nitrogens with zero attached hydrogens (tertiary/aromatic N) is 2. The second kappa shape index (κ2) is 6.18. The second-order valence-electron chi connectivity index (χ2n) is 5.03. The molecule has 2 amide bonds. The van der Waals surface area contributed by atoms with Crippen LogP contribution in [0.3, 0.4) is 0 Å². The molecule has 1 N–H and O–H groups in total. The third kappa shape index (κ3) is 3.70. The van der Waals surface area contributed by atoms with E-state index in [1.165, 1.54) is 6.42 Å². The molecule has 1 saturated heterocycles. The zero-order valence-electron chi connectivity index (χ0n) is 11.1. The molecule has 4 nitrogen and oxygen atoms in total. The lowest BCUT2D eigenvalue weighted by molar-refractivity contribution is 0.170. The van der Waals surface area contributed by atoms with Crippen molar-refractivity contribution in [2.45, 2.75) is 33.1 Å². The highest BCUT2D eigenvalue weighted by molar-refractivity contribution is 7.09. The van der Waals surface area contributed by atoms with Crippen molar-refractivity contribution in [3.05, 3.63) is 16.1 Å². The largest absolute Gasteiger partial charge is 0.338 e. The number of nitrogens with one attached hydrogen (secondary N) is 1. The van der Waals surface area contributed by atoms with Crippen molar-refractivity contribution >= 4 is 17.4 Å². The number of hydrogen-bond acceptors (Lipinski definition) is 3. The first-order valence-electron chi connectivity index (χ1n) is 6.59. The number of thiazole rings is 1. The molecule has 1 aromatic heterocycles. The Balaban J connectivity index is 1.71. The lowest BCUT2D eigenvalue weighted by Gasteiger charge is -2.30. The average molecular weight is 267 g/mol. The maximum atomic E-state index is 11.9. The smallest absolute Gasteiger partial charge is 0.317 e. The van der Waals surface area contributed by atoms with Crippen LogP contribution in [0.2, 0.25) is 0 Å². The molecule has 2 rings (SSSR count). The molecule has 5 heteroatoms. The van der Waals surface area contributed by atoms with Crippen LogP contribution in [-0.2, 0) is 6.42 Å². The monoisotopic (exact) mass is 267 g/mol. The topological polar surface area (TPSA) is 45.2 Å². The van der Waals surface area contributed by atoms with Crippen molar-refractivity contribution in [2.24, 2.45) is 5.92 Å². The summed E-state index contributed by atoms with van der Waals surface area (Å²) in [5.74, 6) is 0.630. The number of piperidine rings is 1. The Morgan fingerprint density at radius 1 is 1.67 bits per heavy atom. The van der Waals surface area contributed by atoms with Crippen molar-refractivity contribution in [2.75, 3.05) is 19.6 Å². The normalized spacial score (nSPS) is 19.9. The minimum absolute atomic E-state index is 0.0773. The highest BCUT2D eigenvalue weighted by Crippen LogP contribution is 2.15. The van der Waals surface area contributed by atoms with Gasteiger partial charge < -0.3 is 10.2 Å². The van der Waals surface area contributed by atoms with Gasteiger partial charge in [-0.2, -0.15) is 0 Å². The van der Waals surface area contributed by atoms with Crippen LogP contribution in [0.4, 0.5) is 4.79 Å². The summed E-state index contributed by atoms with van der Waals surface area (Å²) in [7, 11) is 0. The zero-order chi connectivity index (χ0) is 13.0. The van der Waals surface area contributed by atoms with Crippen LogP contribution >= 0.6 is 11.3 Å². The van der Waals surface area contributed by atoms with Gasteiger partial charge in [-0.15, -0.1) is 11.3 Å². The molecule has 2 heterocycles. The van der Waals surface area contributed by atoms with Crippen LogP contribution in [0.15, 0.2) is 5.38 Å². The van der Waals surface area contributed by atoms with Crippen LogP contribution in [0.25, 0.3) is 0 Å². The van der Waals surface area contributed by atoms with Gasteiger partial charge in [-0.3, -0.25) is 0 Å². The van der Waals surface area contributed by atoms with Crippen molar-refractivity contribution in [3.8, 4) is 0 Å². The molecule has 1 aliphatic rings. The minimum Gasteiger partial charge on any atom is -0.338 e. The van der Waals surface area contributed by atoms with Crippen LogP contribution in [-0.4, -0.2) is 35.5 Å². The summed E-state index contributed by atoms with van der Waals surface area (Å²) in [6.07, 6.45) is 3.18. The highest BCUT2D eigenvalue weighted by Gasteiger charge is 2.20. The fraction of sp³-hybridized carbons (Fsp3) is 0.692. The molecule has 1 fully saturated rings. The maximum Gasteiger partial charge on any atom is 0.317 e. The molecular weight excluding hydrogens is 246 g/mol. The number of aryl methyl sites for hydroxylation is 1. The SMILES string of the molecule is Cc1nc(CCNC(=O)N2CCCC(C)C2)cs1. The van der Waals surface area contributed by atoms with E-state index in [2.05, 4.69) is 22.6 Å². The quantitative estimate of drug-likeness (QED) is 0.914. The Labute approximate surface area is 112 Å². The minimum atomic E-state index is 0.0773. The molecule has 18 heavy (non-hydrogen) atoms. The molecule has 0 aromatic carbocycles. The predicted octanol–water partition coefficient (Wildman–Crippen LogP) is 2.44. The van der Waals surface area contributed by atoms with E-state index in [1.807, 2.05) is 11.8 Å². The second-order valence-corrected chi connectivity index (χ2v) is 6.10. The van der Waals surface area contributed by atoms with Crippen molar-refractivity contribution in [1.82, 2.24) is 15.2 Å². The Morgan fingerprint density at radius 2 is 2.50 bits per heavy atom. The number of amides is 2. The summed E-state index contributed by atoms with van der Waals surface area (Å²) in [5, 5.41) is 6.13. The zero-order valence-corrected chi connectivity index (χ0v) is 11.9. The van der Waals surface area contributed by atoms with Crippen LogP contribution in [0.1, 0.15) is 30.5 Å². The third-order valence-corrected chi connectivity index (χ3v) is 4.09. The third-order valence-electron chi connectivity index (χ3n) is 3.27. The molecule has 1 unspecified atom stereocenters. The van der Waals surface area contributed by atoms with E-state index < -0.39 is 0 Å². The van der Waals surface area contributed by atoms with E-state index in [1.54, 1.807) is 11.3 Å². The van der Waals surface area contributed by atoms with E-state index in [0.717, 1.165) is 36.6 Å². The fourth-order valence-electron chi connectivity index (χ4n) is 2.31. The van der Waals surface area contributed by atoms with Crippen LogP contribution < -0.4 is 5.32 Å². The molecule has 0 spiro atoms. The lowest BCUT2D eigenvalue weighted by Crippen LogP contribution is -2.45.